The highest BCUT2D eigenvalue weighted by atomic mass is 32.2. The number of carboxylic acid groups (broad SMARTS) is 1. The van der Waals surface area contributed by atoms with Crippen LogP contribution in [0, 0.1) is 5.82 Å². The molecule has 23 heavy (non-hydrogen) atoms. The molecule has 0 fully saturated rings. The lowest BCUT2D eigenvalue weighted by Crippen LogP contribution is -2.24. The summed E-state index contributed by atoms with van der Waals surface area (Å²) in [6.07, 6.45) is 2.79. The van der Waals surface area contributed by atoms with E-state index in [0.717, 1.165) is 18.4 Å². The van der Waals surface area contributed by atoms with E-state index in [1.165, 1.54) is 6.07 Å². The first-order valence-corrected chi connectivity index (χ1v) is 8.85. The number of benzene rings is 1. The molecule has 0 bridgehead atoms. The molecule has 0 unspecified atom stereocenters. The average Bonchev–Trinajstić information content (AvgIpc) is 2.43. The zero-order chi connectivity index (χ0) is 17.5. The Morgan fingerprint density at radius 2 is 1.91 bits per heavy atom. The molecule has 3 N–H and O–H groups in total. The lowest BCUT2D eigenvalue weighted by atomic mass is 10.1. The Hall–Kier alpha value is -2.16. The summed E-state index contributed by atoms with van der Waals surface area (Å²) in [6.45, 7) is 0.352. The number of unbranched alkanes of at least 4 members (excludes halogenated alkanes) is 2. The van der Waals surface area contributed by atoms with Crippen LogP contribution in [0.3, 0.4) is 0 Å². The molecule has 0 saturated heterocycles. The molecule has 1 amide bonds. The van der Waals surface area contributed by atoms with Crippen molar-refractivity contribution in [1.82, 2.24) is 5.32 Å². The molecule has 1 aromatic rings. The number of carbonyl (C=O) groups excluding carboxylic acids is 1. The fraction of sp³-hybridized carbons (Fsp3) is 0.429. The van der Waals surface area contributed by atoms with E-state index in [1.54, 1.807) is 0 Å². The molecule has 0 saturated carbocycles. The number of aliphatic carboxylic acids is 1. The summed E-state index contributed by atoms with van der Waals surface area (Å²) in [7, 11) is -3.65. The van der Waals surface area contributed by atoms with Crippen molar-refractivity contribution in [2.45, 2.75) is 25.7 Å². The van der Waals surface area contributed by atoms with E-state index in [0.29, 0.717) is 25.8 Å². The Bertz CT molecular complexity index is 676. The average molecular weight is 346 g/mol. The second kappa shape index (κ2) is 8.47. The first-order chi connectivity index (χ1) is 10.7. The number of carboxylic acids is 1. The van der Waals surface area contributed by atoms with Gasteiger partial charge < -0.3 is 10.4 Å². The quantitative estimate of drug-likeness (QED) is 0.588. The summed E-state index contributed by atoms with van der Waals surface area (Å²) in [5.41, 5.74) is -0.162. The van der Waals surface area contributed by atoms with E-state index < -0.39 is 27.7 Å². The number of sulfonamides is 1. The van der Waals surface area contributed by atoms with Gasteiger partial charge in [0.2, 0.25) is 10.0 Å². The monoisotopic (exact) mass is 346 g/mol. The van der Waals surface area contributed by atoms with E-state index >= 15 is 0 Å². The van der Waals surface area contributed by atoms with Gasteiger partial charge in [0.1, 0.15) is 5.82 Å². The van der Waals surface area contributed by atoms with Gasteiger partial charge in [0.15, 0.2) is 0 Å². The lowest BCUT2D eigenvalue weighted by Gasteiger charge is -2.09. The second-order valence-electron chi connectivity index (χ2n) is 5.03. The number of amides is 1. The summed E-state index contributed by atoms with van der Waals surface area (Å²) in [6, 6.07) is 3.38. The van der Waals surface area contributed by atoms with Crippen LogP contribution in [0.15, 0.2) is 18.2 Å². The van der Waals surface area contributed by atoms with E-state index in [2.05, 4.69) is 5.32 Å². The van der Waals surface area contributed by atoms with Gasteiger partial charge in [-0.05, 0) is 31.0 Å². The largest absolute Gasteiger partial charge is 0.481 e. The van der Waals surface area contributed by atoms with Gasteiger partial charge in [0.25, 0.3) is 5.91 Å². The molecule has 0 atom stereocenters. The van der Waals surface area contributed by atoms with Crippen molar-refractivity contribution >= 4 is 27.6 Å². The number of rotatable bonds is 9. The van der Waals surface area contributed by atoms with E-state index in [-0.39, 0.29) is 17.7 Å². The normalized spacial score (nSPS) is 11.0. The van der Waals surface area contributed by atoms with Gasteiger partial charge in [0.05, 0.1) is 11.9 Å². The first-order valence-electron chi connectivity index (χ1n) is 6.96. The van der Waals surface area contributed by atoms with Crippen LogP contribution < -0.4 is 10.0 Å². The highest BCUT2D eigenvalue weighted by Crippen LogP contribution is 2.17. The van der Waals surface area contributed by atoms with Gasteiger partial charge in [-0.1, -0.05) is 6.42 Å². The maximum absolute atomic E-state index is 13.5. The molecule has 128 valence electrons. The number of hydrogen-bond acceptors (Lipinski definition) is 4. The summed E-state index contributed by atoms with van der Waals surface area (Å²) < 4.78 is 37.8. The third-order valence-corrected chi connectivity index (χ3v) is 3.47. The van der Waals surface area contributed by atoms with Gasteiger partial charge in [-0.25, -0.2) is 12.8 Å². The number of hydrogen-bond donors (Lipinski definition) is 3. The van der Waals surface area contributed by atoms with Crippen LogP contribution in [-0.2, 0) is 14.8 Å². The van der Waals surface area contributed by atoms with Crippen molar-refractivity contribution in [3.05, 3.63) is 29.6 Å². The fourth-order valence-electron chi connectivity index (χ4n) is 1.83. The Morgan fingerprint density at radius 1 is 1.22 bits per heavy atom. The number of halogens is 1. The molecule has 0 heterocycles. The van der Waals surface area contributed by atoms with Crippen LogP contribution in [-0.4, -0.2) is 38.2 Å². The van der Waals surface area contributed by atoms with Crippen LogP contribution >= 0.6 is 0 Å². The van der Waals surface area contributed by atoms with Gasteiger partial charge in [0, 0.05) is 18.5 Å². The molecule has 0 spiro atoms. The van der Waals surface area contributed by atoms with Crippen molar-refractivity contribution < 1.29 is 27.5 Å². The molecule has 9 heteroatoms. The van der Waals surface area contributed by atoms with Crippen LogP contribution in [0.1, 0.15) is 36.0 Å². The summed E-state index contributed by atoms with van der Waals surface area (Å²) in [5.74, 6) is -2.09. The Labute approximate surface area is 133 Å². The number of nitrogens with one attached hydrogen (secondary N) is 2. The van der Waals surface area contributed by atoms with Gasteiger partial charge in [-0.2, -0.15) is 0 Å². The zero-order valence-corrected chi connectivity index (χ0v) is 13.5. The fourth-order valence-corrected chi connectivity index (χ4v) is 2.38. The number of carbonyl (C=O) groups is 2. The molecule has 0 aliphatic carbocycles. The van der Waals surface area contributed by atoms with Crippen molar-refractivity contribution in [3.8, 4) is 0 Å². The first kappa shape index (κ1) is 18.9. The van der Waals surface area contributed by atoms with Gasteiger partial charge in [-0.15, -0.1) is 0 Å². The van der Waals surface area contributed by atoms with Crippen molar-refractivity contribution in [2.24, 2.45) is 0 Å². The summed E-state index contributed by atoms with van der Waals surface area (Å²) >= 11 is 0. The Morgan fingerprint density at radius 3 is 2.52 bits per heavy atom. The minimum atomic E-state index is -3.65. The molecule has 7 nitrogen and oxygen atoms in total. The van der Waals surface area contributed by atoms with Crippen molar-refractivity contribution in [3.63, 3.8) is 0 Å². The number of anilines is 1. The van der Waals surface area contributed by atoms with Gasteiger partial charge >= 0.3 is 5.97 Å². The summed E-state index contributed by atoms with van der Waals surface area (Å²) in [4.78, 5) is 22.2. The van der Waals surface area contributed by atoms with E-state index in [9.17, 15) is 22.4 Å². The Balaban J connectivity index is 2.53. The molecule has 0 aliphatic rings. The van der Waals surface area contributed by atoms with Crippen molar-refractivity contribution in [1.29, 1.82) is 0 Å². The van der Waals surface area contributed by atoms with E-state index in [4.69, 9.17) is 5.11 Å². The molecule has 1 rings (SSSR count). The van der Waals surface area contributed by atoms with Gasteiger partial charge in [-0.3, -0.25) is 14.3 Å². The second-order valence-corrected chi connectivity index (χ2v) is 6.78. The van der Waals surface area contributed by atoms with E-state index in [1.807, 2.05) is 4.72 Å². The highest BCUT2D eigenvalue weighted by molar-refractivity contribution is 7.92. The smallest absolute Gasteiger partial charge is 0.303 e. The molecule has 0 aromatic heterocycles. The van der Waals surface area contributed by atoms with Crippen LogP contribution in [0.4, 0.5) is 10.1 Å². The maximum atomic E-state index is 13.5. The van der Waals surface area contributed by atoms with Crippen molar-refractivity contribution in [2.75, 3.05) is 17.5 Å². The molecular formula is C14H19FN2O5S. The van der Waals surface area contributed by atoms with Crippen LogP contribution in [0.2, 0.25) is 0 Å². The summed E-state index contributed by atoms with van der Waals surface area (Å²) in [5, 5.41) is 11.1. The van der Waals surface area contributed by atoms with Crippen LogP contribution in [0.5, 0.6) is 0 Å². The predicted molar refractivity (Wildman–Crippen MR) is 83.3 cm³/mol. The predicted octanol–water partition coefficient (Wildman–Crippen LogP) is 1.57. The Kier molecular flexibility index (Phi) is 6.95. The highest BCUT2D eigenvalue weighted by Gasteiger charge is 2.12. The standard InChI is InChI=1S/C14H19FN2O5S/c1-23(21,22)17-12-9-10(6-7-11(12)15)14(20)16-8-4-2-3-5-13(18)19/h6-7,9,17H,2-5,8H2,1H3,(H,16,20)(H,18,19). The minimum Gasteiger partial charge on any atom is -0.481 e. The zero-order valence-electron chi connectivity index (χ0n) is 12.6. The van der Waals surface area contributed by atoms with Crippen LogP contribution in [0.25, 0.3) is 0 Å². The third-order valence-electron chi connectivity index (χ3n) is 2.88. The molecule has 1 aromatic carbocycles. The SMILES string of the molecule is CS(=O)(=O)Nc1cc(C(=O)NCCCCCC(=O)O)ccc1F. The molecule has 0 aliphatic heterocycles. The lowest BCUT2D eigenvalue weighted by molar-refractivity contribution is -0.137. The third kappa shape index (κ3) is 7.59. The maximum Gasteiger partial charge on any atom is 0.303 e. The molecular weight excluding hydrogens is 327 g/mol. The topological polar surface area (TPSA) is 113 Å². The minimum absolute atomic E-state index is 0.0897. The molecule has 0 radical (unpaired) electrons.